The quantitative estimate of drug-likeness (QED) is 0.210. The number of hydrogen-bond acceptors (Lipinski definition) is 7. The van der Waals surface area contributed by atoms with Gasteiger partial charge in [0.2, 0.25) is 0 Å². The van der Waals surface area contributed by atoms with Crippen molar-refractivity contribution >= 4 is 11.8 Å². The smallest absolute Gasteiger partial charge is 0.277 e. The first-order chi connectivity index (χ1) is 16.7. The molecule has 0 amide bonds. The highest BCUT2D eigenvalue weighted by atomic mass is 32.2. The zero-order valence-electron chi connectivity index (χ0n) is 19.2. The predicted molar refractivity (Wildman–Crippen MR) is 135 cm³/mol. The lowest BCUT2D eigenvalue weighted by Gasteiger charge is -2.11. The molecule has 4 rings (SSSR count). The van der Waals surface area contributed by atoms with Crippen LogP contribution in [0.1, 0.15) is 29.0 Å². The summed E-state index contributed by atoms with van der Waals surface area (Å²) in [5, 5.41) is 21.0. The minimum absolute atomic E-state index is 0.209. The number of hydrogen-bond donors (Lipinski definition) is 2. The van der Waals surface area contributed by atoms with E-state index in [0.29, 0.717) is 11.1 Å². The summed E-state index contributed by atoms with van der Waals surface area (Å²) >= 11 is 1.51. The van der Waals surface area contributed by atoms with Crippen LogP contribution in [0.4, 0.5) is 0 Å². The average molecular weight is 476 g/mol. The first-order valence-electron chi connectivity index (χ1n) is 11.4. The van der Waals surface area contributed by atoms with E-state index in [2.05, 4.69) is 64.9 Å². The zero-order valence-corrected chi connectivity index (χ0v) is 20.1. The SMILES string of the molecule is Cc1c(OCc2nnc(SCc3cccc(CNCCCO)c3)o2)cccc1-c1ccccc1. The Balaban J connectivity index is 1.30. The number of aliphatic hydroxyl groups excluding tert-OH is 1. The molecule has 2 N–H and O–H groups in total. The second kappa shape index (κ2) is 12.4. The maximum absolute atomic E-state index is 8.87. The summed E-state index contributed by atoms with van der Waals surface area (Å²) in [6.07, 6.45) is 0.761. The topological polar surface area (TPSA) is 80.4 Å². The maximum atomic E-state index is 8.87. The Labute approximate surface area is 204 Å². The van der Waals surface area contributed by atoms with Gasteiger partial charge in [-0.3, -0.25) is 0 Å². The number of nitrogens with one attached hydrogen (secondary N) is 1. The van der Waals surface area contributed by atoms with Crippen molar-refractivity contribution in [2.45, 2.75) is 37.5 Å². The molecule has 7 heteroatoms. The van der Waals surface area contributed by atoms with Gasteiger partial charge in [-0.2, -0.15) is 0 Å². The Kier molecular flexibility index (Phi) is 8.73. The summed E-state index contributed by atoms with van der Waals surface area (Å²) in [4.78, 5) is 0. The molecule has 1 aromatic heterocycles. The summed E-state index contributed by atoms with van der Waals surface area (Å²) in [5.41, 5.74) is 5.78. The van der Waals surface area contributed by atoms with E-state index in [1.54, 1.807) is 0 Å². The summed E-state index contributed by atoms with van der Waals surface area (Å²) in [7, 11) is 0. The summed E-state index contributed by atoms with van der Waals surface area (Å²) in [6, 6.07) is 24.7. The molecule has 0 saturated heterocycles. The van der Waals surface area contributed by atoms with Crippen LogP contribution in [-0.2, 0) is 18.9 Å². The second-order valence-electron chi connectivity index (χ2n) is 7.91. The molecule has 1 heterocycles. The number of aliphatic hydroxyl groups is 1. The molecule has 0 bridgehead atoms. The van der Waals surface area contributed by atoms with Crippen molar-refractivity contribution in [3.05, 3.63) is 95.4 Å². The van der Waals surface area contributed by atoms with Crippen LogP contribution in [0.25, 0.3) is 11.1 Å². The van der Waals surface area contributed by atoms with Gasteiger partial charge >= 0.3 is 0 Å². The van der Waals surface area contributed by atoms with Crippen LogP contribution in [0.5, 0.6) is 5.75 Å². The van der Waals surface area contributed by atoms with Crippen molar-refractivity contribution in [2.24, 2.45) is 0 Å². The molecule has 176 valence electrons. The van der Waals surface area contributed by atoms with Crippen LogP contribution in [0.15, 0.2) is 82.4 Å². The Morgan fingerprint density at radius 3 is 2.65 bits per heavy atom. The number of benzene rings is 3. The molecule has 0 fully saturated rings. The molecule has 34 heavy (non-hydrogen) atoms. The lowest BCUT2D eigenvalue weighted by Crippen LogP contribution is -2.15. The Morgan fingerprint density at radius 1 is 0.971 bits per heavy atom. The highest BCUT2D eigenvalue weighted by Crippen LogP contribution is 2.30. The van der Waals surface area contributed by atoms with Crippen LogP contribution in [0.2, 0.25) is 0 Å². The number of ether oxygens (including phenoxy) is 1. The minimum Gasteiger partial charge on any atom is -0.484 e. The summed E-state index contributed by atoms with van der Waals surface area (Å²) < 4.78 is 11.8. The van der Waals surface area contributed by atoms with Gasteiger partial charge in [-0.25, -0.2) is 0 Å². The fourth-order valence-electron chi connectivity index (χ4n) is 3.61. The van der Waals surface area contributed by atoms with Crippen LogP contribution in [-0.4, -0.2) is 28.5 Å². The van der Waals surface area contributed by atoms with E-state index in [-0.39, 0.29) is 13.2 Å². The van der Waals surface area contributed by atoms with Gasteiger partial charge in [-0.05, 0) is 53.8 Å². The molecular formula is C27H29N3O3S. The van der Waals surface area contributed by atoms with Crippen molar-refractivity contribution in [3.63, 3.8) is 0 Å². The molecule has 0 unspecified atom stereocenters. The van der Waals surface area contributed by atoms with Gasteiger partial charge in [0.1, 0.15) is 5.75 Å². The molecule has 0 radical (unpaired) electrons. The van der Waals surface area contributed by atoms with Crippen molar-refractivity contribution in [1.82, 2.24) is 15.5 Å². The molecule has 4 aromatic rings. The fourth-order valence-corrected chi connectivity index (χ4v) is 4.33. The zero-order chi connectivity index (χ0) is 23.6. The third-order valence-electron chi connectivity index (χ3n) is 5.36. The van der Waals surface area contributed by atoms with E-state index in [4.69, 9.17) is 14.3 Å². The summed E-state index contributed by atoms with van der Waals surface area (Å²) in [5.74, 6) is 2.00. The minimum atomic E-state index is 0.209. The van der Waals surface area contributed by atoms with Gasteiger partial charge in [0.05, 0.1) is 0 Å². The molecule has 0 atom stereocenters. The lowest BCUT2D eigenvalue weighted by molar-refractivity contribution is 0.251. The summed E-state index contributed by atoms with van der Waals surface area (Å²) in [6.45, 7) is 4.08. The lowest BCUT2D eigenvalue weighted by atomic mass is 10.00. The van der Waals surface area contributed by atoms with Crippen LogP contribution in [0.3, 0.4) is 0 Å². The highest BCUT2D eigenvalue weighted by molar-refractivity contribution is 7.98. The van der Waals surface area contributed by atoms with Crippen LogP contribution < -0.4 is 10.1 Å². The van der Waals surface area contributed by atoms with E-state index in [9.17, 15) is 0 Å². The molecule has 3 aromatic carbocycles. The van der Waals surface area contributed by atoms with Crippen LogP contribution in [0, 0.1) is 6.92 Å². The number of aromatic nitrogens is 2. The van der Waals surface area contributed by atoms with Gasteiger partial charge in [-0.15, -0.1) is 10.2 Å². The third-order valence-corrected chi connectivity index (χ3v) is 6.25. The monoisotopic (exact) mass is 475 g/mol. The van der Waals surface area contributed by atoms with E-state index < -0.39 is 0 Å². The van der Waals surface area contributed by atoms with Gasteiger partial charge in [0, 0.05) is 18.9 Å². The highest BCUT2D eigenvalue weighted by Gasteiger charge is 2.11. The van der Waals surface area contributed by atoms with E-state index in [1.165, 1.54) is 22.9 Å². The van der Waals surface area contributed by atoms with Crippen molar-refractivity contribution in [1.29, 1.82) is 0 Å². The van der Waals surface area contributed by atoms with Gasteiger partial charge < -0.3 is 19.6 Å². The molecule has 0 saturated carbocycles. The van der Waals surface area contributed by atoms with E-state index in [0.717, 1.165) is 47.7 Å². The number of nitrogens with zero attached hydrogens (tertiary/aromatic N) is 2. The van der Waals surface area contributed by atoms with Gasteiger partial charge in [0.15, 0.2) is 6.61 Å². The molecule has 0 aliphatic carbocycles. The Bertz CT molecular complexity index is 1180. The van der Waals surface area contributed by atoms with Crippen molar-refractivity contribution < 1.29 is 14.3 Å². The molecule has 0 aliphatic rings. The standard InChI is InChI=1S/C27H29N3O3S/c1-20-24(23-10-3-2-4-11-23)12-6-13-25(20)32-18-26-29-30-27(33-26)34-19-22-9-5-8-21(16-22)17-28-14-7-15-31/h2-6,8-13,16,28,31H,7,14-15,17-19H2,1H3. The Hall–Kier alpha value is -3.13. The van der Waals surface area contributed by atoms with Crippen molar-refractivity contribution in [3.8, 4) is 16.9 Å². The number of thioether (sulfide) groups is 1. The molecule has 6 nitrogen and oxygen atoms in total. The normalized spacial score (nSPS) is 11.0. The van der Waals surface area contributed by atoms with E-state index in [1.807, 2.05) is 30.3 Å². The third kappa shape index (κ3) is 6.70. The first-order valence-corrected chi connectivity index (χ1v) is 12.3. The largest absolute Gasteiger partial charge is 0.484 e. The predicted octanol–water partition coefficient (Wildman–Crippen LogP) is 5.39. The van der Waals surface area contributed by atoms with Crippen LogP contribution >= 0.6 is 11.8 Å². The van der Waals surface area contributed by atoms with E-state index >= 15 is 0 Å². The average Bonchev–Trinajstić information content (AvgIpc) is 3.33. The number of rotatable bonds is 12. The second-order valence-corrected chi connectivity index (χ2v) is 8.83. The van der Waals surface area contributed by atoms with Crippen molar-refractivity contribution in [2.75, 3.05) is 13.2 Å². The van der Waals surface area contributed by atoms with Gasteiger partial charge in [0.25, 0.3) is 11.1 Å². The fraction of sp³-hybridized carbons (Fsp3) is 0.259. The maximum Gasteiger partial charge on any atom is 0.277 e. The van der Waals surface area contributed by atoms with Gasteiger partial charge in [-0.1, -0.05) is 78.5 Å². The molecule has 0 spiro atoms. The molecule has 0 aliphatic heterocycles. The first kappa shape index (κ1) is 24.0. The Morgan fingerprint density at radius 2 is 1.79 bits per heavy atom. The molecular weight excluding hydrogens is 446 g/mol.